The van der Waals surface area contributed by atoms with E-state index in [0.29, 0.717) is 12.1 Å². The van der Waals surface area contributed by atoms with Gasteiger partial charge in [0.05, 0.1) is 24.8 Å². The second-order valence-electron chi connectivity index (χ2n) is 8.08. The molecule has 2 fully saturated rings. The lowest BCUT2D eigenvalue weighted by Gasteiger charge is -2.29. The summed E-state index contributed by atoms with van der Waals surface area (Å²) in [5, 5.41) is 11.0. The molecule has 2 saturated heterocycles. The van der Waals surface area contributed by atoms with Gasteiger partial charge in [0.2, 0.25) is 0 Å². The number of amides is 1. The van der Waals surface area contributed by atoms with E-state index in [2.05, 4.69) is 4.90 Å². The van der Waals surface area contributed by atoms with Crippen molar-refractivity contribution in [2.45, 2.75) is 19.4 Å². The number of ketones is 1. The zero-order chi connectivity index (χ0) is 21.8. The standard InChI is InChI=1S/C25H28N2O4/c1-18-8-10-19(11-9-18)22-21(23(28)20-6-3-2-4-7-20)24(29)25(30)27(22)13-5-12-26-14-16-31-17-15-26/h2-4,6-11,22,28H,5,12-17H2,1H3/t22-/m0/s1. The highest BCUT2D eigenvalue weighted by Gasteiger charge is 2.45. The van der Waals surface area contributed by atoms with E-state index in [1.54, 1.807) is 29.2 Å². The van der Waals surface area contributed by atoms with Crippen molar-refractivity contribution < 1.29 is 19.4 Å². The summed E-state index contributed by atoms with van der Waals surface area (Å²) in [6, 6.07) is 16.1. The molecule has 2 aliphatic heterocycles. The summed E-state index contributed by atoms with van der Waals surface area (Å²) in [5.41, 5.74) is 2.61. The maximum absolute atomic E-state index is 13.0. The van der Waals surface area contributed by atoms with Gasteiger partial charge in [0.25, 0.3) is 11.7 Å². The van der Waals surface area contributed by atoms with Crippen LogP contribution in [-0.4, -0.2) is 66.0 Å². The molecule has 0 saturated carbocycles. The lowest BCUT2D eigenvalue weighted by atomic mass is 9.94. The van der Waals surface area contributed by atoms with Crippen LogP contribution in [0.3, 0.4) is 0 Å². The highest BCUT2D eigenvalue weighted by atomic mass is 16.5. The van der Waals surface area contributed by atoms with Gasteiger partial charge in [-0.3, -0.25) is 14.5 Å². The molecule has 6 heteroatoms. The minimum absolute atomic E-state index is 0.125. The average molecular weight is 421 g/mol. The molecule has 6 nitrogen and oxygen atoms in total. The Labute approximate surface area is 182 Å². The maximum atomic E-state index is 13.0. The quantitative estimate of drug-likeness (QED) is 0.442. The lowest BCUT2D eigenvalue weighted by molar-refractivity contribution is -0.140. The zero-order valence-corrected chi connectivity index (χ0v) is 17.8. The van der Waals surface area contributed by atoms with E-state index in [1.165, 1.54) is 0 Å². The van der Waals surface area contributed by atoms with Gasteiger partial charge in [-0.15, -0.1) is 0 Å². The van der Waals surface area contributed by atoms with Crippen molar-refractivity contribution in [3.8, 4) is 0 Å². The third-order valence-electron chi connectivity index (χ3n) is 5.96. The molecule has 31 heavy (non-hydrogen) atoms. The predicted molar refractivity (Wildman–Crippen MR) is 119 cm³/mol. The van der Waals surface area contributed by atoms with Crippen molar-refractivity contribution in [2.75, 3.05) is 39.4 Å². The number of aliphatic hydroxyl groups excluding tert-OH is 1. The average Bonchev–Trinajstić information content (AvgIpc) is 3.05. The van der Waals surface area contributed by atoms with Gasteiger partial charge in [0, 0.05) is 31.7 Å². The van der Waals surface area contributed by atoms with Crippen LogP contribution in [-0.2, 0) is 14.3 Å². The largest absolute Gasteiger partial charge is 0.507 e. The van der Waals surface area contributed by atoms with E-state index in [-0.39, 0.29) is 11.3 Å². The van der Waals surface area contributed by atoms with Gasteiger partial charge in [-0.2, -0.15) is 0 Å². The number of carbonyl (C=O) groups is 2. The minimum Gasteiger partial charge on any atom is -0.507 e. The molecule has 4 rings (SSSR count). The van der Waals surface area contributed by atoms with Gasteiger partial charge < -0.3 is 14.7 Å². The minimum atomic E-state index is -0.627. The van der Waals surface area contributed by atoms with Gasteiger partial charge in [-0.05, 0) is 18.9 Å². The Bertz CT molecular complexity index is 963. The molecule has 2 aromatic carbocycles. The van der Waals surface area contributed by atoms with E-state index in [4.69, 9.17) is 4.74 Å². The third kappa shape index (κ3) is 4.55. The SMILES string of the molecule is Cc1ccc([C@H]2C(=C(O)c3ccccc3)C(=O)C(=O)N2CCCN2CCOCC2)cc1. The Morgan fingerprint density at radius 2 is 1.68 bits per heavy atom. The number of nitrogens with zero attached hydrogens (tertiary/aromatic N) is 2. The Balaban J connectivity index is 1.65. The number of Topliss-reactive ketones (excluding diaryl/α,β-unsaturated/α-hetero) is 1. The number of benzene rings is 2. The number of likely N-dealkylation sites (tertiary alicyclic amines) is 1. The lowest BCUT2D eigenvalue weighted by Crippen LogP contribution is -2.38. The summed E-state index contributed by atoms with van der Waals surface area (Å²) in [7, 11) is 0. The van der Waals surface area contributed by atoms with Crippen molar-refractivity contribution in [3.63, 3.8) is 0 Å². The summed E-state index contributed by atoms with van der Waals surface area (Å²) in [5.74, 6) is -1.30. The summed E-state index contributed by atoms with van der Waals surface area (Å²) >= 11 is 0. The van der Waals surface area contributed by atoms with E-state index >= 15 is 0 Å². The fourth-order valence-corrected chi connectivity index (χ4v) is 4.25. The van der Waals surface area contributed by atoms with Crippen LogP contribution in [0, 0.1) is 6.92 Å². The van der Waals surface area contributed by atoms with Crippen molar-refractivity contribution in [3.05, 3.63) is 76.9 Å². The molecule has 2 heterocycles. The fraction of sp³-hybridized carbons (Fsp3) is 0.360. The second kappa shape index (κ2) is 9.45. The molecule has 0 aliphatic carbocycles. The molecule has 2 aromatic rings. The Hall–Kier alpha value is -2.96. The Morgan fingerprint density at radius 3 is 2.35 bits per heavy atom. The monoisotopic (exact) mass is 420 g/mol. The third-order valence-corrected chi connectivity index (χ3v) is 5.96. The summed E-state index contributed by atoms with van der Waals surface area (Å²) < 4.78 is 5.39. The fourth-order valence-electron chi connectivity index (χ4n) is 4.25. The van der Waals surface area contributed by atoms with Crippen LogP contribution in [0.1, 0.15) is 29.2 Å². The van der Waals surface area contributed by atoms with Gasteiger partial charge in [-0.25, -0.2) is 0 Å². The zero-order valence-electron chi connectivity index (χ0n) is 17.8. The normalized spacial score (nSPS) is 21.6. The number of hydrogen-bond acceptors (Lipinski definition) is 5. The topological polar surface area (TPSA) is 70.1 Å². The number of carbonyl (C=O) groups excluding carboxylic acids is 2. The molecular formula is C25H28N2O4. The highest BCUT2D eigenvalue weighted by Crippen LogP contribution is 2.39. The molecule has 0 radical (unpaired) electrons. The second-order valence-corrected chi connectivity index (χ2v) is 8.08. The number of aryl methyl sites for hydroxylation is 1. The molecule has 1 N–H and O–H groups in total. The molecule has 1 amide bonds. The number of morpholine rings is 1. The molecule has 2 aliphatic rings. The Morgan fingerprint density at radius 1 is 1.00 bits per heavy atom. The van der Waals surface area contributed by atoms with E-state index in [9.17, 15) is 14.7 Å². The molecule has 162 valence electrons. The number of rotatable bonds is 6. The predicted octanol–water partition coefficient (Wildman–Crippen LogP) is 3.14. The first-order chi connectivity index (χ1) is 15.1. The first-order valence-corrected chi connectivity index (χ1v) is 10.8. The molecule has 0 spiro atoms. The van der Waals surface area contributed by atoms with E-state index < -0.39 is 17.7 Å². The summed E-state index contributed by atoms with van der Waals surface area (Å²) in [6.45, 7) is 6.50. The van der Waals surface area contributed by atoms with Gasteiger partial charge >= 0.3 is 0 Å². The van der Waals surface area contributed by atoms with Crippen molar-refractivity contribution in [2.24, 2.45) is 0 Å². The maximum Gasteiger partial charge on any atom is 0.295 e. The molecular weight excluding hydrogens is 392 g/mol. The van der Waals surface area contributed by atoms with Crippen LogP contribution in [0.4, 0.5) is 0 Å². The van der Waals surface area contributed by atoms with Crippen LogP contribution in [0.25, 0.3) is 5.76 Å². The van der Waals surface area contributed by atoms with Crippen molar-refractivity contribution in [1.29, 1.82) is 0 Å². The highest BCUT2D eigenvalue weighted by molar-refractivity contribution is 6.46. The van der Waals surface area contributed by atoms with Gasteiger partial charge in [-0.1, -0.05) is 60.2 Å². The van der Waals surface area contributed by atoms with Crippen LogP contribution in [0.2, 0.25) is 0 Å². The summed E-state index contributed by atoms with van der Waals surface area (Å²) in [4.78, 5) is 29.9. The number of ether oxygens (including phenoxy) is 1. The number of hydrogen-bond donors (Lipinski definition) is 1. The van der Waals surface area contributed by atoms with Crippen LogP contribution in [0.5, 0.6) is 0 Å². The van der Waals surface area contributed by atoms with E-state index in [1.807, 2.05) is 37.3 Å². The molecule has 0 bridgehead atoms. The molecule has 1 atom stereocenters. The van der Waals surface area contributed by atoms with E-state index in [0.717, 1.165) is 50.4 Å². The molecule has 0 aromatic heterocycles. The van der Waals surface area contributed by atoms with Crippen LogP contribution in [0.15, 0.2) is 60.2 Å². The van der Waals surface area contributed by atoms with Crippen molar-refractivity contribution >= 4 is 17.4 Å². The van der Waals surface area contributed by atoms with Gasteiger partial charge in [0.15, 0.2) is 0 Å². The Kier molecular flexibility index (Phi) is 6.49. The first kappa shape index (κ1) is 21.3. The smallest absolute Gasteiger partial charge is 0.295 e. The number of aliphatic hydroxyl groups is 1. The summed E-state index contributed by atoms with van der Waals surface area (Å²) in [6.07, 6.45) is 0.751. The van der Waals surface area contributed by atoms with Crippen LogP contribution < -0.4 is 0 Å². The van der Waals surface area contributed by atoms with Crippen molar-refractivity contribution in [1.82, 2.24) is 9.80 Å². The molecule has 0 unspecified atom stereocenters. The first-order valence-electron chi connectivity index (χ1n) is 10.8. The van der Waals surface area contributed by atoms with Crippen LogP contribution >= 0.6 is 0 Å². The van der Waals surface area contributed by atoms with Gasteiger partial charge in [0.1, 0.15) is 5.76 Å².